The number of ether oxygens (including phenoxy) is 2. The van der Waals surface area contributed by atoms with Crippen molar-refractivity contribution in [3.8, 4) is 11.5 Å². The molecule has 1 fully saturated rings. The molecule has 2 aromatic rings. The molecule has 33 heavy (non-hydrogen) atoms. The highest BCUT2D eigenvalue weighted by atomic mass is 16.5. The van der Waals surface area contributed by atoms with Crippen molar-refractivity contribution in [2.75, 3.05) is 33.9 Å². The monoisotopic (exact) mass is 452 g/mol. The first-order valence-electron chi connectivity index (χ1n) is 12.0. The van der Waals surface area contributed by atoms with Crippen molar-refractivity contribution in [2.45, 2.75) is 53.1 Å². The second kappa shape index (κ2) is 11.1. The van der Waals surface area contributed by atoms with Gasteiger partial charge in [-0.05, 0) is 49.9 Å². The van der Waals surface area contributed by atoms with E-state index in [1.54, 1.807) is 14.2 Å². The topological polar surface area (TPSA) is 42.0 Å². The number of nitrogens with zero attached hydrogens (tertiary/aromatic N) is 2. The number of rotatable bonds is 9. The number of aryl methyl sites for hydroxylation is 1. The Morgan fingerprint density at radius 2 is 1.61 bits per heavy atom. The lowest BCUT2D eigenvalue weighted by atomic mass is 9.87. The summed E-state index contributed by atoms with van der Waals surface area (Å²) in [6.07, 6.45) is 0. The minimum absolute atomic E-state index is 0.00646. The number of carbonyl (C=O) groups excluding carboxylic acids is 1. The Bertz CT molecular complexity index is 901. The molecular formula is C28H40N2O3. The van der Waals surface area contributed by atoms with E-state index in [2.05, 4.69) is 67.0 Å². The predicted molar refractivity (Wildman–Crippen MR) is 134 cm³/mol. The third-order valence-corrected chi connectivity index (χ3v) is 6.67. The third-order valence-electron chi connectivity index (χ3n) is 6.67. The Labute approximate surface area is 199 Å². The van der Waals surface area contributed by atoms with Crippen molar-refractivity contribution < 1.29 is 14.3 Å². The molecule has 0 radical (unpaired) electrons. The minimum Gasteiger partial charge on any atom is -0.497 e. The van der Waals surface area contributed by atoms with E-state index >= 15 is 0 Å². The molecule has 0 bridgehead atoms. The quantitative estimate of drug-likeness (QED) is 0.530. The van der Waals surface area contributed by atoms with Crippen LogP contribution in [0, 0.1) is 18.8 Å². The second-order valence-corrected chi connectivity index (χ2v) is 9.93. The van der Waals surface area contributed by atoms with E-state index in [0.717, 1.165) is 37.7 Å². The summed E-state index contributed by atoms with van der Waals surface area (Å²) in [5.41, 5.74) is 3.80. The molecule has 180 valence electrons. The van der Waals surface area contributed by atoms with Crippen molar-refractivity contribution in [2.24, 2.45) is 11.8 Å². The summed E-state index contributed by atoms with van der Waals surface area (Å²) in [4.78, 5) is 17.5. The summed E-state index contributed by atoms with van der Waals surface area (Å²) in [5.74, 6) is 2.63. The predicted octanol–water partition coefficient (Wildman–Crippen LogP) is 5.12. The summed E-state index contributed by atoms with van der Waals surface area (Å²) in [5, 5.41) is 0. The zero-order valence-corrected chi connectivity index (χ0v) is 21.3. The van der Waals surface area contributed by atoms with Crippen LogP contribution in [0.3, 0.4) is 0 Å². The summed E-state index contributed by atoms with van der Waals surface area (Å²) >= 11 is 0. The van der Waals surface area contributed by atoms with E-state index in [9.17, 15) is 4.79 Å². The van der Waals surface area contributed by atoms with Crippen LogP contribution < -0.4 is 9.47 Å². The smallest absolute Gasteiger partial charge is 0.225 e. The van der Waals surface area contributed by atoms with Gasteiger partial charge in [0, 0.05) is 50.1 Å². The Balaban J connectivity index is 1.85. The number of hydrogen-bond donors (Lipinski definition) is 0. The van der Waals surface area contributed by atoms with Crippen molar-refractivity contribution in [3.05, 3.63) is 59.2 Å². The number of benzene rings is 2. The van der Waals surface area contributed by atoms with Crippen LogP contribution >= 0.6 is 0 Å². The third kappa shape index (κ3) is 6.29. The van der Waals surface area contributed by atoms with Crippen molar-refractivity contribution in [3.63, 3.8) is 0 Å². The number of hydrogen-bond acceptors (Lipinski definition) is 4. The summed E-state index contributed by atoms with van der Waals surface area (Å²) in [6, 6.07) is 15.2. The van der Waals surface area contributed by atoms with Gasteiger partial charge in [-0.1, -0.05) is 43.7 Å². The van der Waals surface area contributed by atoms with Gasteiger partial charge in [-0.2, -0.15) is 0 Å². The highest BCUT2D eigenvalue weighted by Crippen LogP contribution is 2.35. The molecule has 1 heterocycles. The van der Waals surface area contributed by atoms with Crippen molar-refractivity contribution in [1.82, 2.24) is 9.80 Å². The molecule has 5 heteroatoms. The largest absolute Gasteiger partial charge is 0.497 e. The molecule has 1 aliphatic heterocycles. The lowest BCUT2D eigenvalue weighted by Crippen LogP contribution is -2.43. The van der Waals surface area contributed by atoms with Crippen molar-refractivity contribution >= 4 is 5.91 Å². The fraction of sp³-hybridized carbons (Fsp3) is 0.536. The maximum atomic E-state index is 13.0. The van der Waals surface area contributed by atoms with E-state index in [1.807, 2.05) is 19.9 Å². The van der Waals surface area contributed by atoms with Gasteiger partial charge in [-0.3, -0.25) is 9.69 Å². The number of methoxy groups -OCH3 is 2. The normalized spacial score (nSPS) is 18.7. The van der Waals surface area contributed by atoms with Crippen LogP contribution in [-0.2, 0) is 11.3 Å². The van der Waals surface area contributed by atoms with Gasteiger partial charge in [0.15, 0.2) is 0 Å². The molecule has 0 N–H and O–H groups in total. The first-order valence-corrected chi connectivity index (χ1v) is 12.0. The molecule has 0 saturated carbocycles. The Kier molecular flexibility index (Phi) is 8.41. The lowest BCUT2D eigenvalue weighted by Gasteiger charge is -2.33. The van der Waals surface area contributed by atoms with Gasteiger partial charge in [0.25, 0.3) is 0 Å². The fourth-order valence-corrected chi connectivity index (χ4v) is 4.82. The van der Waals surface area contributed by atoms with Gasteiger partial charge < -0.3 is 14.4 Å². The molecule has 0 spiro atoms. The van der Waals surface area contributed by atoms with E-state index in [1.165, 1.54) is 16.7 Å². The molecule has 0 aromatic heterocycles. The molecule has 2 atom stereocenters. The zero-order valence-electron chi connectivity index (χ0n) is 21.3. The molecular weight excluding hydrogens is 412 g/mol. The standard InChI is InChI=1S/C28H40N2O3/c1-19(2)28(31)30(20(3)4)17-24-16-29(18-27(24)23-10-8-21(5)9-11-23)15-22-12-25(32-6)14-26(13-22)33-7/h8-14,19-20,24,27H,15-18H2,1-7H3/t24-,27+/m1/s1. The van der Waals surface area contributed by atoms with Gasteiger partial charge in [0.1, 0.15) is 11.5 Å². The zero-order chi connectivity index (χ0) is 24.1. The fourth-order valence-electron chi connectivity index (χ4n) is 4.82. The Morgan fingerprint density at radius 3 is 2.12 bits per heavy atom. The van der Waals surface area contributed by atoms with E-state index in [-0.39, 0.29) is 17.9 Å². The van der Waals surface area contributed by atoms with Gasteiger partial charge in [-0.25, -0.2) is 0 Å². The first kappa shape index (κ1) is 25.1. The first-order chi connectivity index (χ1) is 15.7. The van der Waals surface area contributed by atoms with Crippen LogP contribution in [0.4, 0.5) is 0 Å². The summed E-state index contributed by atoms with van der Waals surface area (Å²) in [6.45, 7) is 13.9. The van der Waals surface area contributed by atoms with Crippen molar-refractivity contribution in [1.29, 1.82) is 0 Å². The maximum absolute atomic E-state index is 13.0. The van der Waals surface area contributed by atoms with E-state index in [4.69, 9.17) is 9.47 Å². The van der Waals surface area contributed by atoms with E-state index in [0.29, 0.717) is 11.8 Å². The van der Waals surface area contributed by atoms with E-state index < -0.39 is 0 Å². The number of carbonyl (C=O) groups is 1. The van der Waals surface area contributed by atoms with Crippen LogP contribution in [0.15, 0.2) is 42.5 Å². The summed E-state index contributed by atoms with van der Waals surface area (Å²) in [7, 11) is 3.37. The molecule has 3 rings (SSSR count). The van der Waals surface area contributed by atoms with Gasteiger partial charge in [-0.15, -0.1) is 0 Å². The molecule has 1 amide bonds. The Morgan fingerprint density at radius 1 is 1.00 bits per heavy atom. The molecule has 1 saturated heterocycles. The molecule has 5 nitrogen and oxygen atoms in total. The Hall–Kier alpha value is -2.53. The second-order valence-electron chi connectivity index (χ2n) is 9.93. The van der Waals surface area contributed by atoms with Crippen LogP contribution in [0.1, 0.15) is 50.3 Å². The van der Waals surface area contributed by atoms with Gasteiger partial charge in [0.2, 0.25) is 5.91 Å². The molecule has 0 unspecified atom stereocenters. The molecule has 1 aliphatic rings. The molecule has 0 aliphatic carbocycles. The average molecular weight is 453 g/mol. The SMILES string of the molecule is COc1cc(CN2C[C@H](CN(C(=O)C(C)C)C(C)C)[C@H](c3ccc(C)cc3)C2)cc(OC)c1. The van der Waals surface area contributed by atoms with Crippen LogP contribution in [0.25, 0.3) is 0 Å². The number of likely N-dealkylation sites (tertiary alicyclic amines) is 1. The lowest BCUT2D eigenvalue weighted by molar-refractivity contribution is -0.136. The van der Waals surface area contributed by atoms with Crippen LogP contribution in [0.2, 0.25) is 0 Å². The van der Waals surface area contributed by atoms with Crippen LogP contribution in [0.5, 0.6) is 11.5 Å². The highest BCUT2D eigenvalue weighted by Gasteiger charge is 2.36. The van der Waals surface area contributed by atoms with Crippen LogP contribution in [-0.4, -0.2) is 55.6 Å². The highest BCUT2D eigenvalue weighted by molar-refractivity contribution is 5.78. The van der Waals surface area contributed by atoms with Gasteiger partial charge >= 0.3 is 0 Å². The summed E-state index contributed by atoms with van der Waals surface area (Å²) < 4.78 is 10.9. The average Bonchev–Trinajstić information content (AvgIpc) is 3.18. The minimum atomic E-state index is 0.00646. The molecule has 2 aromatic carbocycles. The maximum Gasteiger partial charge on any atom is 0.225 e. The number of amides is 1. The van der Waals surface area contributed by atoms with Gasteiger partial charge in [0.05, 0.1) is 14.2 Å².